The van der Waals surface area contributed by atoms with Crippen LogP contribution in [0.1, 0.15) is 38.5 Å². The molecule has 0 radical (unpaired) electrons. The minimum Gasteiger partial charge on any atom is -0.481 e. The summed E-state index contributed by atoms with van der Waals surface area (Å²) in [5, 5.41) is 20.1. The van der Waals surface area contributed by atoms with Crippen molar-refractivity contribution in [1.29, 1.82) is 0 Å². The molecule has 0 aromatic carbocycles. The molecule has 0 aliphatic heterocycles. The van der Waals surface area contributed by atoms with E-state index in [1.54, 1.807) is 6.07 Å². The average molecular weight is 347 g/mol. The van der Waals surface area contributed by atoms with Gasteiger partial charge in [-0.05, 0) is 18.9 Å². The summed E-state index contributed by atoms with van der Waals surface area (Å²) in [6.45, 7) is -0.247. The first-order valence-corrected chi connectivity index (χ1v) is 8.48. The smallest absolute Gasteiger partial charge is 0.308 e. The van der Waals surface area contributed by atoms with Crippen molar-refractivity contribution in [3.8, 4) is 0 Å². The lowest BCUT2D eigenvalue weighted by molar-refractivity contribution is -0.143. The summed E-state index contributed by atoms with van der Waals surface area (Å²) in [5.41, 5.74) is -0.0835. The zero-order valence-corrected chi connectivity index (χ0v) is 13.8. The Balaban J connectivity index is 1.72. The lowest BCUT2D eigenvalue weighted by atomic mass is 9.87. The fourth-order valence-electron chi connectivity index (χ4n) is 3.33. The summed E-state index contributed by atoms with van der Waals surface area (Å²) >= 11 is 0. The highest BCUT2D eigenvalue weighted by Crippen LogP contribution is 2.23. The number of rotatable bonds is 4. The van der Waals surface area contributed by atoms with E-state index >= 15 is 0 Å². The van der Waals surface area contributed by atoms with Crippen molar-refractivity contribution in [3.05, 3.63) is 28.9 Å². The molecular weight excluding hydrogens is 326 g/mol. The molecule has 2 atom stereocenters. The van der Waals surface area contributed by atoms with Gasteiger partial charge < -0.3 is 10.4 Å². The number of carbonyl (C=O) groups excluding carboxylic acids is 1. The molecule has 9 heteroatoms. The fraction of sp³-hybridized carbons (Fsp3) is 0.562. The number of amides is 1. The van der Waals surface area contributed by atoms with Crippen molar-refractivity contribution >= 4 is 17.4 Å². The highest BCUT2D eigenvalue weighted by Gasteiger charge is 2.30. The highest BCUT2D eigenvalue weighted by molar-refractivity contribution is 5.78. The maximum absolute atomic E-state index is 12.3. The third-order valence-electron chi connectivity index (χ3n) is 4.65. The van der Waals surface area contributed by atoms with Gasteiger partial charge in [0, 0.05) is 6.04 Å². The number of aromatic nitrogens is 4. The summed E-state index contributed by atoms with van der Waals surface area (Å²) in [6.07, 6.45) is 7.82. The molecule has 2 N–H and O–H groups in total. The number of carboxylic acids is 1. The monoisotopic (exact) mass is 347 g/mol. The van der Waals surface area contributed by atoms with E-state index in [2.05, 4.69) is 15.5 Å². The Hall–Kier alpha value is -2.71. The van der Waals surface area contributed by atoms with Crippen LogP contribution in [0.5, 0.6) is 0 Å². The van der Waals surface area contributed by atoms with Crippen LogP contribution in [0.15, 0.2) is 23.4 Å². The SMILES string of the molecule is O=C(Cn1ncn2nccc2c1=O)NC1CCCCCCC1C(=O)O. The molecular formula is C16H21N5O4. The molecule has 25 heavy (non-hydrogen) atoms. The van der Waals surface area contributed by atoms with Gasteiger partial charge in [-0.1, -0.05) is 25.7 Å². The normalized spacial score (nSPS) is 21.4. The molecule has 2 aromatic heterocycles. The Kier molecular flexibility index (Phi) is 5.11. The molecule has 1 aliphatic carbocycles. The van der Waals surface area contributed by atoms with Gasteiger partial charge in [0.2, 0.25) is 5.91 Å². The number of hydrogen-bond donors (Lipinski definition) is 2. The Bertz CT molecular complexity index is 827. The maximum Gasteiger partial charge on any atom is 0.308 e. The molecule has 1 fully saturated rings. The Labute approximate surface area is 143 Å². The lowest BCUT2D eigenvalue weighted by Crippen LogP contribution is -2.46. The van der Waals surface area contributed by atoms with Gasteiger partial charge in [0.15, 0.2) is 0 Å². The van der Waals surface area contributed by atoms with E-state index in [1.165, 1.54) is 17.0 Å². The molecule has 0 saturated heterocycles. The van der Waals surface area contributed by atoms with Gasteiger partial charge in [0.25, 0.3) is 5.56 Å². The van der Waals surface area contributed by atoms with Crippen LogP contribution in [-0.2, 0) is 16.1 Å². The Morgan fingerprint density at radius 3 is 2.72 bits per heavy atom. The highest BCUT2D eigenvalue weighted by atomic mass is 16.4. The molecule has 2 unspecified atom stereocenters. The van der Waals surface area contributed by atoms with Gasteiger partial charge in [0.1, 0.15) is 18.4 Å². The van der Waals surface area contributed by atoms with Crippen molar-refractivity contribution in [1.82, 2.24) is 24.7 Å². The number of aliphatic carboxylic acids is 1. The molecule has 3 rings (SSSR count). The van der Waals surface area contributed by atoms with Gasteiger partial charge in [-0.25, -0.2) is 9.20 Å². The number of carboxylic acid groups (broad SMARTS) is 1. The van der Waals surface area contributed by atoms with Crippen LogP contribution in [0.4, 0.5) is 0 Å². The van der Waals surface area contributed by atoms with Crippen LogP contribution in [0.3, 0.4) is 0 Å². The van der Waals surface area contributed by atoms with Crippen molar-refractivity contribution in [3.63, 3.8) is 0 Å². The minimum absolute atomic E-state index is 0.247. The molecule has 1 amide bonds. The zero-order valence-electron chi connectivity index (χ0n) is 13.8. The number of nitrogens with one attached hydrogen (secondary N) is 1. The van der Waals surface area contributed by atoms with Crippen LogP contribution in [0, 0.1) is 5.92 Å². The number of carbonyl (C=O) groups is 2. The van der Waals surface area contributed by atoms with E-state index in [4.69, 9.17) is 0 Å². The van der Waals surface area contributed by atoms with Crippen LogP contribution >= 0.6 is 0 Å². The summed E-state index contributed by atoms with van der Waals surface area (Å²) in [6, 6.07) is 1.13. The van der Waals surface area contributed by atoms with Gasteiger partial charge in [-0.15, -0.1) is 0 Å². The van der Waals surface area contributed by atoms with Crippen LogP contribution < -0.4 is 10.9 Å². The summed E-state index contributed by atoms with van der Waals surface area (Å²) in [5.74, 6) is -1.88. The van der Waals surface area contributed by atoms with Gasteiger partial charge >= 0.3 is 5.97 Å². The Morgan fingerprint density at radius 2 is 1.96 bits per heavy atom. The first-order chi connectivity index (χ1) is 12.1. The summed E-state index contributed by atoms with van der Waals surface area (Å²) in [7, 11) is 0. The minimum atomic E-state index is -0.886. The largest absolute Gasteiger partial charge is 0.481 e. The number of nitrogens with zero attached hydrogens (tertiary/aromatic N) is 4. The number of fused-ring (bicyclic) bond motifs is 1. The predicted octanol–water partition coefficient (Wildman–Crippen LogP) is 0.431. The predicted molar refractivity (Wildman–Crippen MR) is 88.0 cm³/mol. The van der Waals surface area contributed by atoms with E-state index in [0.29, 0.717) is 18.4 Å². The molecule has 134 valence electrons. The molecule has 9 nitrogen and oxygen atoms in total. The van der Waals surface area contributed by atoms with Gasteiger partial charge in [-0.3, -0.25) is 14.4 Å². The molecule has 1 aliphatic rings. The van der Waals surface area contributed by atoms with Crippen LogP contribution in [-0.4, -0.2) is 42.4 Å². The average Bonchev–Trinajstić information content (AvgIpc) is 3.02. The second-order valence-electron chi connectivity index (χ2n) is 6.37. The lowest BCUT2D eigenvalue weighted by Gasteiger charge is -2.27. The van der Waals surface area contributed by atoms with E-state index in [1.807, 2.05) is 0 Å². The summed E-state index contributed by atoms with van der Waals surface area (Å²) < 4.78 is 2.40. The van der Waals surface area contributed by atoms with E-state index in [-0.39, 0.29) is 6.54 Å². The van der Waals surface area contributed by atoms with E-state index in [0.717, 1.165) is 30.4 Å². The standard InChI is InChI=1S/C16H21N5O4/c22-14(9-20-15(23)13-7-8-17-21(13)10-18-20)19-12-6-4-2-1-3-5-11(12)16(24)25/h7-8,10-12H,1-6,9H2,(H,19,22)(H,24,25). The second kappa shape index (κ2) is 7.45. The van der Waals surface area contributed by atoms with Crippen molar-refractivity contribution in [2.45, 2.75) is 51.1 Å². The van der Waals surface area contributed by atoms with Gasteiger partial charge in [-0.2, -0.15) is 10.2 Å². The van der Waals surface area contributed by atoms with Crippen molar-refractivity contribution in [2.75, 3.05) is 0 Å². The molecule has 0 bridgehead atoms. The zero-order chi connectivity index (χ0) is 17.8. The molecule has 1 saturated carbocycles. The maximum atomic E-state index is 12.3. The first kappa shape index (κ1) is 17.1. The van der Waals surface area contributed by atoms with Crippen LogP contribution in [0.25, 0.3) is 5.52 Å². The second-order valence-corrected chi connectivity index (χ2v) is 6.37. The Morgan fingerprint density at radius 1 is 1.20 bits per heavy atom. The van der Waals surface area contributed by atoms with Crippen molar-refractivity contribution in [2.24, 2.45) is 5.92 Å². The van der Waals surface area contributed by atoms with Gasteiger partial charge in [0.05, 0.1) is 12.1 Å². The van der Waals surface area contributed by atoms with E-state index < -0.39 is 29.4 Å². The van der Waals surface area contributed by atoms with Crippen LogP contribution in [0.2, 0.25) is 0 Å². The third-order valence-corrected chi connectivity index (χ3v) is 4.65. The fourth-order valence-corrected chi connectivity index (χ4v) is 3.33. The van der Waals surface area contributed by atoms with Crippen molar-refractivity contribution < 1.29 is 14.7 Å². The third kappa shape index (κ3) is 3.86. The molecule has 0 spiro atoms. The van der Waals surface area contributed by atoms with E-state index in [9.17, 15) is 19.5 Å². The summed E-state index contributed by atoms with van der Waals surface area (Å²) in [4.78, 5) is 36.1. The quantitative estimate of drug-likeness (QED) is 0.828. The molecule has 2 heterocycles. The topological polar surface area (TPSA) is 119 Å². The first-order valence-electron chi connectivity index (χ1n) is 8.48. The number of hydrogen-bond acceptors (Lipinski definition) is 5. The molecule has 2 aromatic rings.